The molecule has 1 saturated heterocycles. The van der Waals surface area contributed by atoms with Crippen LogP contribution in [0.3, 0.4) is 0 Å². The summed E-state index contributed by atoms with van der Waals surface area (Å²) in [5, 5.41) is 0. The van der Waals surface area contributed by atoms with Crippen molar-refractivity contribution in [2.75, 3.05) is 19.7 Å². The van der Waals surface area contributed by atoms with Crippen LogP contribution in [-0.4, -0.2) is 36.6 Å². The molecule has 1 aliphatic heterocycles. The van der Waals surface area contributed by atoms with Gasteiger partial charge in [-0.2, -0.15) is 0 Å². The van der Waals surface area contributed by atoms with Gasteiger partial charge < -0.3 is 9.64 Å². The summed E-state index contributed by atoms with van der Waals surface area (Å²) in [7, 11) is 0. The maximum atomic E-state index is 10.8. The number of rotatable bonds is 2. The second-order valence-corrected chi connectivity index (χ2v) is 2.43. The number of nitrogens with zero attached hydrogens (tertiary/aromatic N) is 1. The Morgan fingerprint density at radius 2 is 2.45 bits per heavy atom. The fourth-order valence-corrected chi connectivity index (χ4v) is 1.04. The minimum Gasteiger partial charge on any atom is -0.375 e. The molecule has 0 aromatic carbocycles. The Morgan fingerprint density at radius 1 is 1.82 bits per heavy atom. The summed E-state index contributed by atoms with van der Waals surface area (Å²) < 4.78 is 5.24. The molecule has 1 rings (SSSR count). The maximum Gasteiger partial charge on any atom is 0.298 e. The predicted octanol–water partition coefficient (Wildman–Crippen LogP) is -0.133. The van der Waals surface area contributed by atoms with E-state index in [-0.39, 0.29) is 12.0 Å². The van der Waals surface area contributed by atoms with E-state index in [0.717, 1.165) is 0 Å². The number of carbonyl (C=O) groups is 1. The van der Waals surface area contributed by atoms with E-state index in [2.05, 4.69) is 5.92 Å². The van der Waals surface area contributed by atoms with Crippen LogP contribution in [-0.2, 0) is 9.53 Å². The molecule has 1 heterocycles. The molecular formula is C8H11NO2. The van der Waals surface area contributed by atoms with Gasteiger partial charge >= 0.3 is 0 Å². The van der Waals surface area contributed by atoms with Crippen molar-refractivity contribution in [2.24, 2.45) is 0 Å². The first-order valence-corrected chi connectivity index (χ1v) is 3.65. The van der Waals surface area contributed by atoms with Gasteiger partial charge in [0.15, 0.2) is 0 Å². The molecule has 0 N–H and O–H groups in total. The van der Waals surface area contributed by atoms with Crippen molar-refractivity contribution < 1.29 is 9.53 Å². The highest BCUT2D eigenvalue weighted by Crippen LogP contribution is 2.10. The highest BCUT2D eigenvalue weighted by Gasteiger charge is 2.29. The molecule has 0 atom stereocenters. The minimum absolute atomic E-state index is 0.206. The largest absolute Gasteiger partial charge is 0.375 e. The van der Waals surface area contributed by atoms with Gasteiger partial charge in [0.25, 0.3) is 5.91 Å². The summed E-state index contributed by atoms with van der Waals surface area (Å²) in [5.41, 5.74) is 0. The second-order valence-electron chi connectivity index (χ2n) is 2.43. The topological polar surface area (TPSA) is 29.5 Å². The lowest BCUT2D eigenvalue weighted by Crippen LogP contribution is -2.54. The second kappa shape index (κ2) is 3.40. The van der Waals surface area contributed by atoms with Gasteiger partial charge in [0.05, 0.1) is 6.10 Å². The number of hydrogen-bond acceptors (Lipinski definition) is 2. The first-order valence-electron chi connectivity index (χ1n) is 3.65. The van der Waals surface area contributed by atoms with Crippen molar-refractivity contribution in [3.63, 3.8) is 0 Å². The Hall–Kier alpha value is -1.01. The molecule has 1 fully saturated rings. The molecule has 0 radical (unpaired) electrons. The van der Waals surface area contributed by atoms with Crippen molar-refractivity contribution in [1.82, 2.24) is 4.90 Å². The third-order valence-corrected chi connectivity index (χ3v) is 1.66. The van der Waals surface area contributed by atoms with E-state index in [1.807, 2.05) is 6.92 Å². The van der Waals surface area contributed by atoms with Crippen molar-refractivity contribution in [3.8, 4) is 12.3 Å². The quantitative estimate of drug-likeness (QED) is 0.517. The first kappa shape index (κ1) is 8.09. The van der Waals surface area contributed by atoms with E-state index in [4.69, 9.17) is 11.2 Å². The number of terminal acetylenes is 1. The van der Waals surface area contributed by atoms with Crippen LogP contribution >= 0.6 is 0 Å². The van der Waals surface area contributed by atoms with Gasteiger partial charge in [-0.15, -0.1) is 6.42 Å². The molecule has 0 aromatic rings. The predicted molar refractivity (Wildman–Crippen MR) is 40.8 cm³/mol. The molecule has 3 heteroatoms. The van der Waals surface area contributed by atoms with Crippen molar-refractivity contribution in [3.05, 3.63) is 0 Å². The molecule has 3 nitrogen and oxygen atoms in total. The van der Waals surface area contributed by atoms with Gasteiger partial charge in [-0.3, -0.25) is 4.79 Å². The Kier molecular flexibility index (Phi) is 2.50. The molecule has 0 saturated carbocycles. The number of carbonyl (C=O) groups excluding carboxylic acids is 1. The van der Waals surface area contributed by atoms with Crippen LogP contribution in [0.2, 0.25) is 0 Å². The van der Waals surface area contributed by atoms with E-state index in [9.17, 15) is 4.79 Å². The van der Waals surface area contributed by atoms with Crippen molar-refractivity contribution in [2.45, 2.75) is 13.0 Å². The first-order chi connectivity index (χ1) is 5.27. The third-order valence-electron chi connectivity index (χ3n) is 1.66. The monoisotopic (exact) mass is 153 g/mol. The van der Waals surface area contributed by atoms with Gasteiger partial charge in [0.1, 0.15) is 0 Å². The van der Waals surface area contributed by atoms with E-state index < -0.39 is 0 Å². The minimum atomic E-state index is -0.235. The van der Waals surface area contributed by atoms with E-state index in [1.54, 1.807) is 4.90 Å². The molecule has 60 valence electrons. The molecule has 0 spiro atoms. The van der Waals surface area contributed by atoms with Crippen LogP contribution in [0, 0.1) is 12.3 Å². The average Bonchev–Trinajstić information content (AvgIpc) is 1.94. The summed E-state index contributed by atoms with van der Waals surface area (Å²) in [6.07, 6.45) is 5.13. The van der Waals surface area contributed by atoms with Crippen LogP contribution in [0.4, 0.5) is 0 Å². The zero-order valence-electron chi connectivity index (χ0n) is 6.54. The Labute approximate surface area is 66.3 Å². The Bertz CT molecular complexity index is 189. The number of hydrogen-bond donors (Lipinski definition) is 0. The highest BCUT2D eigenvalue weighted by molar-refractivity contribution is 5.93. The smallest absolute Gasteiger partial charge is 0.298 e. The van der Waals surface area contributed by atoms with Crippen LogP contribution in [0.1, 0.15) is 6.92 Å². The molecular weight excluding hydrogens is 142 g/mol. The lowest BCUT2D eigenvalue weighted by Gasteiger charge is -2.37. The SMILES string of the molecule is C#CC(=O)N1CC(OCC)C1. The summed E-state index contributed by atoms with van der Waals surface area (Å²) >= 11 is 0. The molecule has 0 bridgehead atoms. The Balaban J connectivity index is 2.20. The standard InChI is InChI=1S/C8H11NO2/c1-3-8(10)9-5-7(6-9)11-4-2/h1,7H,4-6H2,2H3. The lowest BCUT2D eigenvalue weighted by atomic mass is 10.1. The van der Waals surface area contributed by atoms with Gasteiger partial charge in [-0.05, 0) is 12.8 Å². The third kappa shape index (κ3) is 1.72. The summed E-state index contributed by atoms with van der Waals surface area (Å²) in [6, 6.07) is 0. The molecule has 0 aliphatic carbocycles. The van der Waals surface area contributed by atoms with Gasteiger partial charge in [-0.1, -0.05) is 0 Å². The zero-order valence-corrected chi connectivity index (χ0v) is 6.54. The van der Waals surface area contributed by atoms with E-state index in [0.29, 0.717) is 19.7 Å². The zero-order chi connectivity index (χ0) is 8.27. The fraction of sp³-hybridized carbons (Fsp3) is 0.625. The summed E-state index contributed by atoms with van der Waals surface area (Å²) in [5.74, 6) is 1.83. The molecule has 1 aliphatic rings. The molecule has 1 amide bonds. The molecule has 11 heavy (non-hydrogen) atoms. The van der Waals surface area contributed by atoms with Gasteiger partial charge in [0.2, 0.25) is 0 Å². The van der Waals surface area contributed by atoms with E-state index in [1.165, 1.54) is 0 Å². The van der Waals surface area contributed by atoms with Crippen LogP contribution in [0.25, 0.3) is 0 Å². The van der Waals surface area contributed by atoms with Crippen LogP contribution in [0.15, 0.2) is 0 Å². The van der Waals surface area contributed by atoms with Crippen LogP contribution in [0.5, 0.6) is 0 Å². The molecule has 0 unspecified atom stereocenters. The fourth-order valence-electron chi connectivity index (χ4n) is 1.04. The van der Waals surface area contributed by atoms with Crippen molar-refractivity contribution in [1.29, 1.82) is 0 Å². The van der Waals surface area contributed by atoms with E-state index >= 15 is 0 Å². The normalized spacial score (nSPS) is 17.3. The molecule has 0 aromatic heterocycles. The summed E-state index contributed by atoms with van der Waals surface area (Å²) in [6.45, 7) is 3.93. The van der Waals surface area contributed by atoms with Gasteiger partial charge in [-0.25, -0.2) is 0 Å². The number of ether oxygens (including phenoxy) is 1. The van der Waals surface area contributed by atoms with Crippen molar-refractivity contribution >= 4 is 5.91 Å². The van der Waals surface area contributed by atoms with Crippen LogP contribution < -0.4 is 0 Å². The van der Waals surface area contributed by atoms with Gasteiger partial charge in [0, 0.05) is 19.7 Å². The lowest BCUT2D eigenvalue weighted by molar-refractivity contribution is -0.138. The highest BCUT2D eigenvalue weighted by atomic mass is 16.5. The summed E-state index contributed by atoms with van der Waals surface area (Å²) in [4.78, 5) is 12.4. The average molecular weight is 153 g/mol. The number of amides is 1. The maximum absolute atomic E-state index is 10.8. The Morgan fingerprint density at radius 3 is 2.91 bits per heavy atom. The number of likely N-dealkylation sites (tertiary alicyclic amines) is 1.